The SMILES string of the molecule is Cc1cc(C)c(S(=O)(=O)N2CCC[C@H](C(=O)N3CCOCC3)C2)c(C)c1. The Labute approximate surface area is 156 Å². The summed E-state index contributed by atoms with van der Waals surface area (Å²) in [5.74, 6) is -0.201. The van der Waals surface area contributed by atoms with Gasteiger partial charge >= 0.3 is 0 Å². The minimum Gasteiger partial charge on any atom is -0.378 e. The molecule has 0 bridgehead atoms. The number of benzene rings is 1. The molecule has 2 fully saturated rings. The Morgan fingerprint density at radius 1 is 1.08 bits per heavy atom. The van der Waals surface area contributed by atoms with Crippen molar-refractivity contribution in [3.05, 3.63) is 28.8 Å². The van der Waals surface area contributed by atoms with Crippen molar-refractivity contribution >= 4 is 15.9 Å². The van der Waals surface area contributed by atoms with Crippen LogP contribution in [0.4, 0.5) is 0 Å². The molecule has 0 aliphatic carbocycles. The van der Waals surface area contributed by atoms with E-state index in [9.17, 15) is 13.2 Å². The van der Waals surface area contributed by atoms with Crippen LogP contribution >= 0.6 is 0 Å². The Morgan fingerprint density at radius 3 is 2.31 bits per heavy atom. The van der Waals surface area contributed by atoms with Gasteiger partial charge in [-0.05, 0) is 44.7 Å². The van der Waals surface area contributed by atoms with Gasteiger partial charge in [-0.1, -0.05) is 17.7 Å². The summed E-state index contributed by atoms with van der Waals surface area (Å²) in [6.07, 6.45) is 1.46. The molecule has 0 unspecified atom stereocenters. The molecule has 2 aliphatic rings. The Kier molecular flexibility index (Phi) is 5.69. The van der Waals surface area contributed by atoms with Crippen LogP contribution in [0.25, 0.3) is 0 Å². The molecule has 1 aromatic carbocycles. The van der Waals surface area contributed by atoms with Gasteiger partial charge in [-0.3, -0.25) is 4.79 Å². The van der Waals surface area contributed by atoms with E-state index >= 15 is 0 Å². The molecule has 0 N–H and O–H groups in total. The number of hydrogen-bond acceptors (Lipinski definition) is 4. The summed E-state index contributed by atoms with van der Waals surface area (Å²) in [6, 6.07) is 3.81. The minimum atomic E-state index is -3.60. The average molecular weight is 381 g/mol. The van der Waals surface area contributed by atoms with Crippen LogP contribution in [-0.2, 0) is 19.6 Å². The van der Waals surface area contributed by atoms with Crippen molar-refractivity contribution in [2.75, 3.05) is 39.4 Å². The third-order valence-corrected chi connectivity index (χ3v) is 7.43. The fraction of sp³-hybridized carbons (Fsp3) is 0.632. The largest absolute Gasteiger partial charge is 0.378 e. The van der Waals surface area contributed by atoms with E-state index in [2.05, 4.69) is 0 Å². The van der Waals surface area contributed by atoms with Gasteiger partial charge < -0.3 is 9.64 Å². The second-order valence-corrected chi connectivity index (χ2v) is 9.24. The second-order valence-electron chi connectivity index (χ2n) is 7.37. The molecule has 0 aromatic heterocycles. The molecular formula is C19H28N2O4S. The Hall–Kier alpha value is -1.44. The number of aryl methyl sites for hydroxylation is 3. The highest BCUT2D eigenvalue weighted by molar-refractivity contribution is 7.89. The van der Waals surface area contributed by atoms with Gasteiger partial charge in [0.05, 0.1) is 24.0 Å². The molecule has 7 heteroatoms. The summed E-state index contributed by atoms with van der Waals surface area (Å²) in [6.45, 7) is 8.70. The Morgan fingerprint density at radius 2 is 1.69 bits per heavy atom. The van der Waals surface area contributed by atoms with Gasteiger partial charge in [-0.15, -0.1) is 0 Å². The summed E-state index contributed by atoms with van der Waals surface area (Å²) in [5.41, 5.74) is 2.59. The number of hydrogen-bond donors (Lipinski definition) is 0. The molecule has 0 radical (unpaired) electrons. The number of carbonyl (C=O) groups excluding carboxylic acids is 1. The van der Waals surface area contributed by atoms with Gasteiger partial charge in [0, 0.05) is 26.2 Å². The predicted molar refractivity (Wildman–Crippen MR) is 99.5 cm³/mol. The van der Waals surface area contributed by atoms with Gasteiger partial charge in [-0.2, -0.15) is 4.31 Å². The van der Waals surface area contributed by atoms with E-state index in [-0.39, 0.29) is 18.4 Å². The normalized spacial score (nSPS) is 22.4. The van der Waals surface area contributed by atoms with E-state index in [1.54, 1.807) is 0 Å². The number of piperidine rings is 1. The number of amides is 1. The molecule has 144 valence electrons. The molecule has 0 saturated carbocycles. The zero-order valence-electron chi connectivity index (χ0n) is 15.8. The quantitative estimate of drug-likeness (QED) is 0.803. The van der Waals surface area contributed by atoms with Crippen LogP contribution in [0.2, 0.25) is 0 Å². The zero-order valence-corrected chi connectivity index (χ0v) is 16.6. The van der Waals surface area contributed by atoms with E-state index in [1.807, 2.05) is 37.8 Å². The topological polar surface area (TPSA) is 66.9 Å². The number of nitrogens with zero attached hydrogens (tertiary/aromatic N) is 2. The van der Waals surface area contributed by atoms with Gasteiger partial charge in [0.1, 0.15) is 0 Å². The number of ether oxygens (including phenoxy) is 1. The minimum absolute atomic E-state index is 0.0607. The van der Waals surface area contributed by atoms with Crippen LogP contribution in [0.1, 0.15) is 29.5 Å². The molecule has 26 heavy (non-hydrogen) atoms. The first kappa shape index (κ1) is 19.3. The highest BCUT2D eigenvalue weighted by Gasteiger charge is 2.36. The first-order valence-electron chi connectivity index (χ1n) is 9.25. The summed E-state index contributed by atoms with van der Waals surface area (Å²) in [5, 5.41) is 0. The van der Waals surface area contributed by atoms with Crippen molar-refractivity contribution < 1.29 is 17.9 Å². The van der Waals surface area contributed by atoms with Gasteiger partial charge in [0.15, 0.2) is 0 Å². The van der Waals surface area contributed by atoms with Crippen molar-refractivity contribution in [2.24, 2.45) is 5.92 Å². The maximum absolute atomic E-state index is 13.3. The Balaban J connectivity index is 1.81. The van der Waals surface area contributed by atoms with Crippen LogP contribution in [0, 0.1) is 26.7 Å². The molecule has 0 spiro atoms. The second kappa shape index (κ2) is 7.66. The van der Waals surface area contributed by atoms with Crippen molar-refractivity contribution in [1.82, 2.24) is 9.21 Å². The summed E-state index contributed by atoms with van der Waals surface area (Å²) >= 11 is 0. The highest BCUT2D eigenvalue weighted by Crippen LogP contribution is 2.29. The van der Waals surface area contributed by atoms with Gasteiger partial charge in [0.2, 0.25) is 15.9 Å². The van der Waals surface area contributed by atoms with Crippen molar-refractivity contribution in [3.63, 3.8) is 0 Å². The smallest absolute Gasteiger partial charge is 0.243 e. The lowest BCUT2D eigenvalue weighted by Crippen LogP contribution is -2.49. The Bertz CT molecular complexity index is 762. The van der Waals surface area contributed by atoms with Crippen LogP contribution in [0.15, 0.2) is 17.0 Å². The van der Waals surface area contributed by atoms with Crippen molar-refractivity contribution in [3.8, 4) is 0 Å². The lowest BCUT2D eigenvalue weighted by atomic mass is 9.98. The van der Waals surface area contributed by atoms with Gasteiger partial charge in [-0.25, -0.2) is 8.42 Å². The van der Waals surface area contributed by atoms with E-state index in [0.717, 1.165) is 23.1 Å². The van der Waals surface area contributed by atoms with Crippen LogP contribution in [-0.4, -0.2) is 62.9 Å². The zero-order chi connectivity index (χ0) is 18.9. The molecule has 2 heterocycles. The first-order chi connectivity index (χ1) is 12.3. The molecule has 1 amide bonds. The van der Waals surface area contributed by atoms with E-state index in [4.69, 9.17) is 4.74 Å². The molecule has 3 rings (SSSR count). The fourth-order valence-corrected chi connectivity index (χ4v) is 6.04. The van der Waals surface area contributed by atoms with Gasteiger partial charge in [0.25, 0.3) is 0 Å². The van der Waals surface area contributed by atoms with E-state index in [1.165, 1.54) is 4.31 Å². The predicted octanol–water partition coefficient (Wildman–Crippen LogP) is 1.87. The average Bonchev–Trinajstić information content (AvgIpc) is 2.61. The van der Waals surface area contributed by atoms with Crippen molar-refractivity contribution in [1.29, 1.82) is 0 Å². The molecule has 1 aromatic rings. The summed E-state index contributed by atoms with van der Waals surface area (Å²) in [4.78, 5) is 15.0. The third kappa shape index (κ3) is 3.80. The molecule has 6 nitrogen and oxygen atoms in total. The fourth-order valence-electron chi connectivity index (χ4n) is 4.11. The molecular weight excluding hydrogens is 352 g/mol. The standard InChI is InChI=1S/C19H28N2O4S/c1-14-11-15(2)18(16(3)12-14)26(23,24)21-6-4-5-17(13-21)19(22)20-7-9-25-10-8-20/h11-12,17H,4-10,13H2,1-3H3/t17-/m0/s1. The summed E-state index contributed by atoms with van der Waals surface area (Å²) in [7, 11) is -3.60. The molecule has 1 atom stereocenters. The van der Waals surface area contributed by atoms with E-state index in [0.29, 0.717) is 44.2 Å². The monoisotopic (exact) mass is 380 g/mol. The lowest BCUT2D eigenvalue weighted by molar-refractivity contribution is -0.140. The first-order valence-corrected chi connectivity index (χ1v) is 10.7. The third-order valence-electron chi connectivity index (χ3n) is 5.26. The molecule has 2 saturated heterocycles. The summed E-state index contributed by atoms with van der Waals surface area (Å²) < 4.78 is 33.3. The molecule has 2 aliphatic heterocycles. The maximum atomic E-state index is 13.3. The maximum Gasteiger partial charge on any atom is 0.243 e. The number of sulfonamides is 1. The van der Waals surface area contributed by atoms with Crippen LogP contribution < -0.4 is 0 Å². The number of morpholine rings is 1. The van der Waals surface area contributed by atoms with Crippen molar-refractivity contribution in [2.45, 2.75) is 38.5 Å². The van der Waals surface area contributed by atoms with Crippen LogP contribution in [0.5, 0.6) is 0 Å². The van der Waals surface area contributed by atoms with Crippen LogP contribution in [0.3, 0.4) is 0 Å². The number of carbonyl (C=O) groups is 1. The lowest BCUT2D eigenvalue weighted by Gasteiger charge is -2.36. The van der Waals surface area contributed by atoms with E-state index < -0.39 is 10.0 Å². The highest BCUT2D eigenvalue weighted by atomic mass is 32.2. The number of rotatable bonds is 3.